The minimum absolute atomic E-state index is 0.175. The number of thiophene rings is 1. The Bertz CT molecular complexity index is 958. The lowest BCUT2D eigenvalue weighted by molar-refractivity contribution is -0.131. The maximum atomic E-state index is 13.2. The van der Waals surface area contributed by atoms with E-state index in [2.05, 4.69) is 16.9 Å². The zero-order valence-corrected chi connectivity index (χ0v) is 16.7. The summed E-state index contributed by atoms with van der Waals surface area (Å²) >= 11 is 3.05. The Hall–Kier alpha value is -1.99. The number of carbonyl (C=O) groups excluding carboxylic acids is 1. The van der Waals surface area contributed by atoms with Gasteiger partial charge >= 0.3 is 0 Å². The van der Waals surface area contributed by atoms with E-state index < -0.39 is 0 Å². The van der Waals surface area contributed by atoms with Gasteiger partial charge in [-0.25, -0.2) is 14.4 Å². The molecule has 1 saturated heterocycles. The molecule has 2 aromatic heterocycles. The number of fused-ring (bicyclic) bond motifs is 1. The number of halogens is 1. The second-order valence-electron chi connectivity index (χ2n) is 6.73. The van der Waals surface area contributed by atoms with Gasteiger partial charge < -0.3 is 4.90 Å². The number of aromatic nitrogens is 2. The van der Waals surface area contributed by atoms with Crippen LogP contribution < -0.4 is 0 Å². The maximum Gasteiger partial charge on any atom is 0.233 e. The third-order valence-corrected chi connectivity index (χ3v) is 7.15. The molecule has 1 amide bonds. The van der Waals surface area contributed by atoms with Gasteiger partial charge in [-0.1, -0.05) is 23.9 Å². The fraction of sp³-hybridized carbons (Fsp3) is 0.350. The van der Waals surface area contributed by atoms with Crippen LogP contribution in [-0.2, 0) is 4.79 Å². The molecule has 140 valence electrons. The molecular weight excluding hydrogens is 381 g/mol. The maximum absolute atomic E-state index is 13.2. The number of rotatable bonds is 4. The van der Waals surface area contributed by atoms with Crippen LogP contribution in [0.15, 0.2) is 41.7 Å². The van der Waals surface area contributed by atoms with Crippen LogP contribution in [0.4, 0.5) is 4.39 Å². The van der Waals surface area contributed by atoms with E-state index in [1.54, 1.807) is 29.8 Å². The highest BCUT2D eigenvalue weighted by Gasteiger charge is 2.23. The Morgan fingerprint density at radius 2 is 2.11 bits per heavy atom. The smallest absolute Gasteiger partial charge is 0.233 e. The second kappa shape index (κ2) is 7.94. The molecular formula is C20H20FN3OS2. The molecule has 1 aliphatic rings. The molecule has 1 fully saturated rings. The van der Waals surface area contributed by atoms with Gasteiger partial charge in [-0.15, -0.1) is 11.3 Å². The molecule has 7 heteroatoms. The van der Waals surface area contributed by atoms with Crippen molar-refractivity contribution in [3.05, 3.63) is 42.5 Å². The number of carbonyl (C=O) groups is 1. The number of piperidine rings is 1. The van der Waals surface area contributed by atoms with Crippen LogP contribution in [0.1, 0.15) is 26.2 Å². The number of thioether (sulfide) groups is 1. The Kier molecular flexibility index (Phi) is 5.41. The van der Waals surface area contributed by atoms with Gasteiger partial charge in [0.2, 0.25) is 5.91 Å². The zero-order valence-electron chi connectivity index (χ0n) is 15.0. The first-order chi connectivity index (χ1) is 13.1. The third kappa shape index (κ3) is 3.99. The molecule has 0 bridgehead atoms. The largest absolute Gasteiger partial charge is 0.339 e. The number of likely N-dealkylation sites (tertiary alicyclic amines) is 1. The number of hydrogen-bond donors (Lipinski definition) is 0. The van der Waals surface area contributed by atoms with Gasteiger partial charge in [0.15, 0.2) is 0 Å². The topological polar surface area (TPSA) is 46.1 Å². The lowest BCUT2D eigenvalue weighted by Gasteiger charge is -2.33. The molecule has 1 aliphatic heterocycles. The predicted octanol–water partition coefficient (Wildman–Crippen LogP) is 4.99. The van der Waals surface area contributed by atoms with Gasteiger partial charge in [-0.05, 0) is 49.9 Å². The van der Waals surface area contributed by atoms with Crippen LogP contribution in [0.5, 0.6) is 0 Å². The Morgan fingerprint density at radius 1 is 1.30 bits per heavy atom. The molecule has 0 spiro atoms. The monoisotopic (exact) mass is 401 g/mol. The normalized spacial score (nSPS) is 17.4. The standard InChI is InChI=1S/C20H20FN3OS2/c1-13-4-2-3-9-24(13)18(25)11-26-20-19-16(22-12-23-20)10-17(27-19)14-5-7-15(21)8-6-14/h5-8,10,12-13H,2-4,9,11H2,1H3. The molecule has 1 unspecified atom stereocenters. The second-order valence-corrected chi connectivity index (χ2v) is 8.75. The number of hydrogen-bond acceptors (Lipinski definition) is 5. The Balaban J connectivity index is 1.53. The van der Waals surface area contributed by atoms with E-state index in [0.717, 1.165) is 45.1 Å². The van der Waals surface area contributed by atoms with Gasteiger partial charge in [0, 0.05) is 17.5 Å². The highest BCUT2D eigenvalue weighted by atomic mass is 32.2. The summed E-state index contributed by atoms with van der Waals surface area (Å²) in [7, 11) is 0. The van der Waals surface area contributed by atoms with Gasteiger partial charge in [0.05, 0.1) is 16.0 Å². The number of amides is 1. The molecule has 1 atom stereocenters. The van der Waals surface area contributed by atoms with E-state index >= 15 is 0 Å². The van der Waals surface area contributed by atoms with Crippen molar-refractivity contribution in [2.75, 3.05) is 12.3 Å². The average Bonchev–Trinajstić information content (AvgIpc) is 3.12. The van der Waals surface area contributed by atoms with E-state index in [1.807, 2.05) is 11.0 Å². The van der Waals surface area contributed by atoms with Crippen molar-refractivity contribution in [2.45, 2.75) is 37.3 Å². The summed E-state index contributed by atoms with van der Waals surface area (Å²) in [5.41, 5.74) is 1.81. The fourth-order valence-corrected chi connectivity index (χ4v) is 5.46. The van der Waals surface area contributed by atoms with Crippen molar-refractivity contribution in [3.63, 3.8) is 0 Å². The van der Waals surface area contributed by atoms with Crippen molar-refractivity contribution in [2.24, 2.45) is 0 Å². The van der Waals surface area contributed by atoms with Gasteiger partial charge in [-0.2, -0.15) is 0 Å². The average molecular weight is 402 g/mol. The van der Waals surface area contributed by atoms with E-state index in [9.17, 15) is 9.18 Å². The van der Waals surface area contributed by atoms with E-state index in [4.69, 9.17) is 0 Å². The molecule has 3 aromatic rings. The molecule has 0 N–H and O–H groups in total. The van der Waals surface area contributed by atoms with Crippen molar-refractivity contribution < 1.29 is 9.18 Å². The first-order valence-corrected chi connectivity index (χ1v) is 10.8. The molecule has 0 aliphatic carbocycles. The van der Waals surface area contributed by atoms with Crippen LogP contribution in [-0.4, -0.2) is 39.1 Å². The first-order valence-electron chi connectivity index (χ1n) is 9.04. The van der Waals surface area contributed by atoms with E-state index in [-0.39, 0.29) is 11.7 Å². The molecule has 4 nitrogen and oxygen atoms in total. The summed E-state index contributed by atoms with van der Waals surface area (Å²) in [6, 6.07) is 8.76. The Morgan fingerprint density at radius 3 is 2.89 bits per heavy atom. The summed E-state index contributed by atoms with van der Waals surface area (Å²) in [6.45, 7) is 2.98. The first kappa shape index (κ1) is 18.4. The Labute approximate surface area is 165 Å². The van der Waals surface area contributed by atoms with Crippen molar-refractivity contribution in [1.29, 1.82) is 0 Å². The molecule has 27 heavy (non-hydrogen) atoms. The molecule has 1 aromatic carbocycles. The van der Waals surface area contributed by atoms with Gasteiger partial charge in [0.25, 0.3) is 0 Å². The van der Waals surface area contributed by atoms with Crippen LogP contribution in [0.25, 0.3) is 20.7 Å². The fourth-order valence-electron chi connectivity index (χ4n) is 3.37. The SMILES string of the molecule is CC1CCCCN1C(=O)CSc1ncnc2cc(-c3ccc(F)cc3)sc12. The van der Waals surface area contributed by atoms with E-state index in [0.29, 0.717) is 11.8 Å². The zero-order chi connectivity index (χ0) is 18.8. The van der Waals surface area contributed by atoms with Crippen LogP contribution >= 0.6 is 23.1 Å². The summed E-state index contributed by atoms with van der Waals surface area (Å²) < 4.78 is 14.1. The summed E-state index contributed by atoms with van der Waals surface area (Å²) in [4.78, 5) is 24.4. The summed E-state index contributed by atoms with van der Waals surface area (Å²) in [5, 5.41) is 0.830. The minimum Gasteiger partial charge on any atom is -0.339 e. The van der Waals surface area contributed by atoms with Crippen molar-refractivity contribution in [1.82, 2.24) is 14.9 Å². The molecule has 0 saturated carbocycles. The summed E-state index contributed by atoms with van der Waals surface area (Å²) in [5.74, 6) is 0.316. The quantitative estimate of drug-likeness (QED) is 0.456. The number of benzene rings is 1. The van der Waals surface area contributed by atoms with E-state index in [1.165, 1.54) is 30.3 Å². The lowest BCUT2D eigenvalue weighted by atomic mass is 10.0. The minimum atomic E-state index is -0.249. The predicted molar refractivity (Wildman–Crippen MR) is 109 cm³/mol. The third-order valence-electron chi connectivity index (χ3n) is 4.86. The van der Waals surface area contributed by atoms with Gasteiger partial charge in [0.1, 0.15) is 17.2 Å². The highest BCUT2D eigenvalue weighted by Crippen LogP contribution is 2.37. The molecule has 4 rings (SSSR count). The lowest BCUT2D eigenvalue weighted by Crippen LogP contribution is -2.42. The highest BCUT2D eigenvalue weighted by molar-refractivity contribution is 8.00. The summed E-state index contributed by atoms with van der Waals surface area (Å²) in [6.07, 6.45) is 4.91. The van der Waals surface area contributed by atoms with Crippen molar-refractivity contribution >= 4 is 39.2 Å². The number of nitrogens with zero attached hydrogens (tertiary/aromatic N) is 3. The molecule has 3 heterocycles. The van der Waals surface area contributed by atoms with Crippen molar-refractivity contribution in [3.8, 4) is 10.4 Å². The van der Waals surface area contributed by atoms with Crippen LogP contribution in [0.3, 0.4) is 0 Å². The van der Waals surface area contributed by atoms with Crippen LogP contribution in [0, 0.1) is 5.82 Å². The van der Waals surface area contributed by atoms with Crippen LogP contribution in [0.2, 0.25) is 0 Å². The van der Waals surface area contributed by atoms with Gasteiger partial charge in [-0.3, -0.25) is 4.79 Å². The molecule has 0 radical (unpaired) electrons.